The Morgan fingerprint density at radius 3 is 2.81 bits per heavy atom. The fourth-order valence-corrected chi connectivity index (χ4v) is 2.50. The number of carbonyl (C=O) groups is 2. The molecular formula is C14H14FNO5. The summed E-state index contributed by atoms with van der Waals surface area (Å²) < 4.78 is 24.3. The summed E-state index contributed by atoms with van der Waals surface area (Å²) >= 11 is 0. The van der Waals surface area contributed by atoms with Gasteiger partial charge in [0.2, 0.25) is 18.4 Å². The maximum atomic E-state index is 13.9. The number of hydrogen-bond donors (Lipinski definition) is 1. The number of nitrogens with zero attached hydrogens (tertiary/aromatic N) is 1. The number of halogens is 1. The minimum absolute atomic E-state index is 0.0757. The van der Waals surface area contributed by atoms with Crippen LogP contribution in [0, 0.1) is 0 Å². The van der Waals surface area contributed by atoms with Crippen LogP contribution in [0.25, 0.3) is 0 Å². The fourth-order valence-electron chi connectivity index (χ4n) is 2.50. The number of aliphatic carboxylic acids is 1. The van der Waals surface area contributed by atoms with Crippen LogP contribution in [-0.4, -0.2) is 47.4 Å². The molecule has 7 heteroatoms. The Labute approximate surface area is 120 Å². The van der Waals surface area contributed by atoms with E-state index >= 15 is 0 Å². The number of benzene rings is 1. The van der Waals surface area contributed by atoms with E-state index in [-0.39, 0.29) is 32.1 Å². The molecular weight excluding hydrogens is 281 g/mol. The molecule has 0 radical (unpaired) electrons. The molecule has 2 aliphatic rings. The molecule has 1 amide bonds. The van der Waals surface area contributed by atoms with E-state index in [0.717, 1.165) is 5.56 Å². The van der Waals surface area contributed by atoms with Crippen molar-refractivity contribution < 1.29 is 28.6 Å². The predicted octanol–water partition coefficient (Wildman–Crippen LogP) is 0.983. The van der Waals surface area contributed by atoms with E-state index in [4.69, 9.17) is 14.6 Å². The van der Waals surface area contributed by atoms with E-state index in [9.17, 15) is 14.0 Å². The molecule has 1 atom stereocenters. The first-order valence-corrected chi connectivity index (χ1v) is 6.56. The van der Waals surface area contributed by atoms with Gasteiger partial charge in [0, 0.05) is 13.0 Å². The number of fused-ring (bicyclic) bond motifs is 1. The molecule has 1 aromatic rings. The maximum absolute atomic E-state index is 13.9. The zero-order valence-electron chi connectivity index (χ0n) is 11.2. The Morgan fingerprint density at radius 1 is 1.33 bits per heavy atom. The lowest BCUT2D eigenvalue weighted by atomic mass is 10.1. The molecule has 6 nitrogen and oxygen atoms in total. The van der Waals surface area contributed by atoms with Crippen LogP contribution in [0.1, 0.15) is 12.0 Å². The zero-order chi connectivity index (χ0) is 15.0. The first-order chi connectivity index (χ1) is 9.98. The van der Waals surface area contributed by atoms with E-state index < -0.39 is 18.2 Å². The molecule has 2 aliphatic heterocycles. The SMILES string of the molecule is O=C(Cc1ccc2c(c1)OCO2)N1CCC(F)(C(=O)O)C1. The standard InChI is InChI=1S/C14H14FNO5/c15-14(13(18)19)3-4-16(7-14)12(17)6-9-1-2-10-11(5-9)21-8-20-10/h1-2,5H,3-4,6-8H2,(H,18,19). The lowest BCUT2D eigenvalue weighted by Crippen LogP contribution is -2.39. The smallest absolute Gasteiger partial charge is 0.343 e. The molecule has 1 fully saturated rings. The number of alkyl halides is 1. The van der Waals surface area contributed by atoms with Crippen molar-refractivity contribution in [3.8, 4) is 11.5 Å². The van der Waals surface area contributed by atoms with Crippen molar-refractivity contribution in [2.45, 2.75) is 18.5 Å². The maximum Gasteiger partial charge on any atom is 0.343 e. The van der Waals surface area contributed by atoms with E-state index in [2.05, 4.69) is 0 Å². The Morgan fingerprint density at radius 2 is 2.10 bits per heavy atom. The molecule has 0 aliphatic carbocycles. The van der Waals surface area contributed by atoms with Crippen LogP contribution >= 0.6 is 0 Å². The van der Waals surface area contributed by atoms with Gasteiger partial charge >= 0.3 is 5.97 Å². The van der Waals surface area contributed by atoms with Gasteiger partial charge < -0.3 is 19.5 Å². The second kappa shape index (κ2) is 4.91. The van der Waals surface area contributed by atoms with Gasteiger partial charge in [-0.3, -0.25) is 4.79 Å². The number of amides is 1. The highest BCUT2D eigenvalue weighted by molar-refractivity contribution is 5.83. The Hall–Kier alpha value is -2.31. The summed E-state index contributed by atoms with van der Waals surface area (Å²) in [4.78, 5) is 24.2. The van der Waals surface area contributed by atoms with Gasteiger partial charge in [0.1, 0.15) is 0 Å². The summed E-state index contributed by atoms with van der Waals surface area (Å²) in [6.07, 6.45) is -0.0957. The molecule has 1 N–H and O–H groups in total. The minimum atomic E-state index is -2.33. The minimum Gasteiger partial charge on any atom is -0.479 e. The van der Waals surface area contributed by atoms with Crippen molar-refractivity contribution >= 4 is 11.9 Å². The monoisotopic (exact) mass is 295 g/mol. The quantitative estimate of drug-likeness (QED) is 0.899. The summed E-state index contributed by atoms with van der Waals surface area (Å²) in [5.41, 5.74) is -1.61. The number of ether oxygens (including phenoxy) is 2. The first kappa shape index (κ1) is 13.7. The van der Waals surface area contributed by atoms with Crippen LogP contribution in [0.3, 0.4) is 0 Å². The fraction of sp³-hybridized carbons (Fsp3) is 0.429. The predicted molar refractivity (Wildman–Crippen MR) is 68.9 cm³/mol. The molecule has 1 saturated heterocycles. The highest BCUT2D eigenvalue weighted by Crippen LogP contribution is 2.33. The van der Waals surface area contributed by atoms with Crippen molar-refractivity contribution in [2.75, 3.05) is 19.9 Å². The normalized spacial score (nSPS) is 23.4. The van der Waals surface area contributed by atoms with Crippen molar-refractivity contribution in [1.82, 2.24) is 4.90 Å². The number of carboxylic acid groups (broad SMARTS) is 1. The van der Waals surface area contributed by atoms with Crippen LogP contribution in [0.5, 0.6) is 11.5 Å². The van der Waals surface area contributed by atoms with E-state index in [1.54, 1.807) is 18.2 Å². The van der Waals surface area contributed by atoms with Gasteiger partial charge in [-0.15, -0.1) is 0 Å². The van der Waals surface area contributed by atoms with Crippen molar-refractivity contribution in [2.24, 2.45) is 0 Å². The molecule has 0 aromatic heterocycles. The highest BCUT2D eigenvalue weighted by atomic mass is 19.1. The molecule has 0 bridgehead atoms. The average molecular weight is 295 g/mol. The Balaban J connectivity index is 1.66. The Kier molecular flexibility index (Phi) is 3.19. The molecule has 0 spiro atoms. The topological polar surface area (TPSA) is 76.1 Å². The van der Waals surface area contributed by atoms with Crippen LogP contribution < -0.4 is 9.47 Å². The summed E-state index contributed by atoms with van der Waals surface area (Å²) in [5, 5.41) is 8.82. The van der Waals surface area contributed by atoms with E-state index in [1.807, 2.05) is 0 Å². The molecule has 21 heavy (non-hydrogen) atoms. The zero-order valence-corrected chi connectivity index (χ0v) is 11.2. The third kappa shape index (κ3) is 2.51. The second-order valence-electron chi connectivity index (χ2n) is 5.20. The Bertz CT molecular complexity index is 605. The van der Waals surface area contributed by atoms with Crippen LogP contribution in [0.2, 0.25) is 0 Å². The lowest BCUT2D eigenvalue weighted by molar-refractivity contribution is -0.150. The number of carboxylic acids is 1. The van der Waals surface area contributed by atoms with Crippen molar-refractivity contribution in [1.29, 1.82) is 0 Å². The lowest BCUT2D eigenvalue weighted by Gasteiger charge is -2.17. The van der Waals surface area contributed by atoms with Gasteiger partial charge in [0.25, 0.3) is 0 Å². The first-order valence-electron chi connectivity index (χ1n) is 6.56. The van der Waals surface area contributed by atoms with E-state index in [0.29, 0.717) is 11.5 Å². The number of carbonyl (C=O) groups excluding carboxylic acids is 1. The number of rotatable bonds is 3. The molecule has 0 saturated carbocycles. The molecule has 3 rings (SSSR count). The average Bonchev–Trinajstić information content (AvgIpc) is 3.05. The number of hydrogen-bond acceptors (Lipinski definition) is 4. The van der Waals surface area contributed by atoms with Crippen molar-refractivity contribution in [3.63, 3.8) is 0 Å². The van der Waals surface area contributed by atoms with E-state index in [1.165, 1.54) is 4.90 Å². The van der Waals surface area contributed by atoms with Gasteiger partial charge in [-0.1, -0.05) is 6.07 Å². The summed E-state index contributed by atoms with van der Waals surface area (Å²) in [7, 11) is 0. The van der Waals surface area contributed by atoms with Gasteiger partial charge in [0.05, 0.1) is 13.0 Å². The summed E-state index contributed by atoms with van der Waals surface area (Å²) in [5.74, 6) is -0.608. The van der Waals surface area contributed by atoms with Crippen LogP contribution in [0.15, 0.2) is 18.2 Å². The van der Waals surface area contributed by atoms with Gasteiger partial charge in [-0.05, 0) is 17.7 Å². The third-order valence-electron chi connectivity index (χ3n) is 3.75. The summed E-state index contributed by atoms with van der Waals surface area (Å²) in [6, 6.07) is 5.16. The van der Waals surface area contributed by atoms with Crippen LogP contribution in [0.4, 0.5) is 4.39 Å². The second-order valence-corrected chi connectivity index (χ2v) is 5.20. The highest BCUT2D eigenvalue weighted by Gasteiger charge is 2.46. The van der Waals surface area contributed by atoms with Gasteiger partial charge in [-0.2, -0.15) is 0 Å². The summed E-state index contributed by atoms with van der Waals surface area (Å²) in [6.45, 7) is -0.125. The van der Waals surface area contributed by atoms with Gasteiger partial charge in [-0.25, -0.2) is 9.18 Å². The third-order valence-corrected chi connectivity index (χ3v) is 3.75. The van der Waals surface area contributed by atoms with Gasteiger partial charge in [0.15, 0.2) is 11.5 Å². The van der Waals surface area contributed by atoms with Crippen LogP contribution in [-0.2, 0) is 16.0 Å². The molecule has 1 unspecified atom stereocenters. The number of likely N-dealkylation sites (tertiary alicyclic amines) is 1. The molecule has 112 valence electrons. The largest absolute Gasteiger partial charge is 0.479 e. The molecule has 1 aromatic carbocycles. The van der Waals surface area contributed by atoms with Crippen molar-refractivity contribution in [3.05, 3.63) is 23.8 Å². The molecule has 2 heterocycles.